The van der Waals surface area contributed by atoms with Crippen LogP contribution in [0.4, 0.5) is 0 Å². The monoisotopic (exact) mass is 284 g/mol. The van der Waals surface area contributed by atoms with Gasteiger partial charge >= 0.3 is 0 Å². The molecule has 1 rings (SSSR count). The summed E-state index contributed by atoms with van der Waals surface area (Å²) in [5.41, 5.74) is 5.81. The summed E-state index contributed by atoms with van der Waals surface area (Å²) >= 11 is 0. The van der Waals surface area contributed by atoms with E-state index in [9.17, 15) is 9.59 Å². The van der Waals surface area contributed by atoms with Crippen LogP contribution in [0, 0.1) is 11.8 Å². The minimum absolute atomic E-state index is 0.00376. The van der Waals surface area contributed by atoms with Crippen molar-refractivity contribution in [1.82, 2.24) is 16.0 Å². The second kappa shape index (κ2) is 7.59. The number of carbonyl (C=O) groups excluding carboxylic acids is 2. The third-order valence-corrected chi connectivity index (χ3v) is 3.64. The topological polar surface area (TPSA) is 96.2 Å². The molecule has 1 heterocycles. The Morgan fingerprint density at radius 3 is 2.45 bits per heavy atom. The van der Waals surface area contributed by atoms with Gasteiger partial charge in [0.25, 0.3) is 0 Å². The SMILES string of the molecule is CC(C)C(=O)NC[C@@H]1CC(NC(=O)[C@H](N)C(C)C)CN1. The van der Waals surface area contributed by atoms with Crippen LogP contribution >= 0.6 is 0 Å². The predicted molar refractivity (Wildman–Crippen MR) is 79.0 cm³/mol. The lowest BCUT2D eigenvalue weighted by Crippen LogP contribution is -2.48. The quantitative estimate of drug-likeness (QED) is 0.533. The van der Waals surface area contributed by atoms with Crippen LogP contribution in [0.25, 0.3) is 0 Å². The Kier molecular flexibility index (Phi) is 6.42. The summed E-state index contributed by atoms with van der Waals surface area (Å²) < 4.78 is 0. The van der Waals surface area contributed by atoms with Gasteiger partial charge < -0.3 is 21.7 Å². The summed E-state index contributed by atoms with van der Waals surface area (Å²) in [6.45, 7) is 8.92. The van der Waals surface area contributed by atoms with Gasteiger partial charge in [-0.2, -0.15) is 0 Å². The molecule has 5 N–H and O–H groups in total. The molecule has 0 bridgehead atoms. The summed E-state index contributed by atoms with van der Waals surface area (Å²) in [7, 11) is 0. The van der Waals surface area contributed by atoms with E-state index in [2.05, 4.69) is 16.0 Å². The summed E-state index contributed by atoms with van der Waals surface area (Å²) in [5, 5.41) is 9.17. The number of carbonyl (C=O) groups is 2. The first kappa shape index (κ1) is 16.9. The van der Waals surface area contributed by atoms with Crippen molar-refractivity contribution < 1.29 is 9.59 Å². The molecule has 1 unspecified atom stereocenters. The van der Waals surface area contributed by atoms with Crippen molar-refractivity contribution in [2.45, 2.75) is 52.2 Å². The van der Waals surface area contributed by atoms with E-state index < -0.39 is 6.04 Å². The number of rotatable bonds is 6. The normalized spacial score (nSPS) is 23.9. The highest BCUT2D eigenvalue weighted by Crippen LogP contribution is 2.07. The Hall–Kier alpha value is -1.14. The van der Waals surface area contributed by atoms with Crippen LogP contribution in [0.2, 0.25) is 0 Å². The standard InChI is InChI=1S/C14H28N4O2/c1-8(2)12(15)14(20)18-11-5-10(16-7-11)6-17-13(19)9(3)4/h8-12,16H,5-7,15H2,1-4H3,(H,17,19)(H,18,20)/t10-,11?,12+/m0/s1. The molecule has 0 aromatic rings. The van der Waals surface area contributed by atoms with Crippen molar-refractivity contribution in [1.29, 1.82) is 0 Å². The maximum Gasteiger partial charge on any atom is 0.237 e. The van der Waals surface area contributed by atoms with Crippen LogP contribution in [-0.4, -0.2) is 43.0 Å². The zero-order chi connectivity index (χ0) is 15.3. The lowest BCUT2D eigenvalue weighted by molar-refractivity contribution is -0.124. The largest absolute Gasteiger partial charge is 0.354 e. The molecule has 1 aliphatic rings. The van der Waals surface area contributed by atoms with E-state index in [1.54, 1.807) is 0 Å². The highest BCUT2D eigenvalue weighted by Gasteiger charge is 2.27. The molecule has 116 valence electrons. The average Bonchev–Trinajstić information content (AvgIpc) is 2.82. The van der Waals surface area contributed by atoms with Gasteiger partial charge in [0, 0.05) is 31.1 Å². The van der Waals surface area contributed by atoms with Crippen molar-refractivity contribution >= 4 is 11.8 Å². The second-order valence-corrected chi connectivity index (χ2v) is 6.22. The minimum Gasteiger partial charge on any atom is -0.354 e. The Balaban J connectivity index is 2.30. The number of nitrogens with one attached hydrogen (secondary N) is 3. The van der Waals surface area contributed by atoms with Crippen LogP contribution in [0.1, 0.15) is 34.1 Å². The fraction of sp³-hybridized carbons (Fsp3) is 0.857. The maximum absolute atomic E-state index is 11.9. The van der Waals surface area contributed by atoms with Crippen molar-refractivity contribution in [3.8, 4) is 0 Å². The summed E-state index contributed by atoms with van der Waals surface area (Å²) in [5.74, 6) is 0.0845. The molecule has 2 amide bonds. The average molecular weight is 284 g/mol. The number of hydrogen-bond donors (Lipinski definition) is 4. The third-order valence-electron chi connectivity index (χ3n) is 3.64. The van der Waals surface area contributed by atoms with Gasteiger partial charge in [-0.25, -0.2) is 0 Å². The van der Waals surface area contributed by atoms with Crippen molar-refractivity contribution in [3.05, 3.63) is 0 Å². The zero-order valence-electron chi connectivity index (χ0n) is 12.9. The number of hydrogen-bond acceptors (Lipinski definition) is 4. The number of nitrogens with two attached hydrogens (primary N) is 1. The maximum atomic E-state index is 11.9. The van der Waals surface area contributed by atoms with E-state index in [0.29, 0.717) is 6.54 Å². The molecule has 1 aliphatic heterocycles. The molecule has 1 saturated heterocycles. The van der Waals surface area contributed by atoms with Crippen LogP contribution in [-0.2, 0) is 9.59 Å². The Bertz CT molecular complexity index is 344. The highest BCUT2D eigenvalue weighted by molar-refractivity contribution is 5.82. The molecular formula is C14H28N4O2. The molecule has 0 radical (unpaired) electrons. The predicted octanol–water partition coefficient (Wildman–Crippen LogP) is -0.411. The molecule has 0 aliphatic carbocycles. The smallest absolute Gasteiger partial charge is 0.237 e. The third kappa shape index (κ3) is 5.09. The lowest BCUT2D eigenvalue weighted by Gasteiger charge is -2.19. The van der Waals surface area contributed by atoms with E-state index in [-0.39, 0.29) is 35.7 Å². The van der Waals surface area contributed by atoms with Crippen LogP contribution in [0.5, 0.6) is 0 Å². The zero-order valence-corrected chi connectivity index (χ0v) is 12.9. The van der Waals surface area contributed by atoms with Gasteiger partial charge in [-0.05, 0) is 12.3 Å². The summed E-state index contributed by atoms with van der Waals surface area (Å²) in [6, 6.07) is -0.166. The lowest BCUT2D eigenvalue weighted by atomic mass is 10.0. The van der Waals surface area contributed by atoms with E-state index in [0.717, 1.165) is 13.0 Å². The van der Waals surface area contributed by atoms with Crippen molar-refractivity contribution in [2.24, 2.45) is 17.6 Å². The summed E-state index contributed by atoms with van der Waals surface area (Å²) in [6.07, 6.45) is 0.814. The minimum atomic E-state index is -0.463. The van der Waals surface area contributed by atoms with E-state index >= 15 is 0 Å². The first-order valence-corrected chi connectivity index (χ1v) is 7.38. The molecular weight excluding hydrogens is 256 g/mol. The summed E-state index contributed by atoms with van der Waals surface area (Å²) in [4.78, 5) is 23.4. The first-order chi connectivity index (χ1) is 9.31. The van der Waals surface area contributed by atoms with Gasteiger partial charge in [0.15, 0.2) is 0 Å². The first-order valence-electron chi connectivity index (χ1n) is 7.38. The van der Waals surface area contributed by atoms with Crippen molar-refractivity contribution in [3.63, 3.8) is 0 Å². The van der Waals surface area contributed by atoms with Gasteiger partial charge in [-0.3, -0.25) is 9.59 Å². The molecule has 1 fully saturated rings. The van der Waals surface area contributed by atoms with E-state index in [1.807, 2.05) is 27.7 Å². The molecule has 6 nitrogen and oxygen atoms in total. The van der Waals surface area contributed by atoms with Crippen LogP contribution < -0.4 is 21.7 Å². The molecule has 3 atom stereocenters. The van der Waals surface area contributed by atoms with Crippen LogP contribution in [0.15, 0.2) is 0 Å². The highest BCUT2D eigenvalue weighted by atomic mass is 16.2. The van der Waals surface area contributed by atoms with Crippen molar-refractivity contribution in [2.75, 3.05) is 13.1 Å². The molecule has 0 saturated carbocycles. The van der Waals surface area contributed by atoms with E-state index in [1.165, 1.54) is 0 Å². The molecule has 0 aromatic heterocycles. The van der Waals surface area contributed by atoms with Gasteiger partial charge in [0.05, 0.1) is 6.04 Å². The number of amides is 2. The van der Waals surface area contributed by atoms with Gasteiger partial charge in [0.2, 0.25) is 11.8 Å². The Labute approximate surface area is 121 Å². The van der Waals surface area contributed by atoms with Crippen LogP contribution in [0.3, 0.4) is 0 Å². The Morgan fingerprint density at radius 1 is 1.25 bits per heavy atom. The fourth-order valence-electron chi connectivity index (χ4n) is 2.11. The van der Waals surface area contributed by atoms with E-state index in [4.69, 9.17) is 5.73 Å². The molecule has 6 heteroatoms. The fourth-order valence-corrected chi connectivity index (χ4v) is 2.11. The Morgan fingerprint density at radius 2 is 1.90 bits per heavy atom. The van der Waals surface area contributed by atoms with Gasteiger partial charge in [0.1, 0.15) is 0 Å². The van der Waals surface area contributed by atoms with Gasteiger partial charge in [-0.1, -0.05) is 27.7 Å². The van der Waals surface area contributed by atoms with Gasteiger partial charge in [-0.15, -0.1) is 0 Å². The molecule has 0 aromatic carbocycles. The molecule has 20 heavy (non-hydrogen) atoms. The second-order valence-electron chi connectivity index (χ2n) is 6.22. The molecule has 0 spiro atoms.